The molecular formula is C24H32O7. The number of rotatable bonds is 9. The lowest BCUT2D eigenvalue weighted by atomic mass is 9.83. The van der Waals surface area contributed by atoms with Crippen LogP contribution in [0.3, 0.4) is 0 Å². The molecule has 170 valence electrons. The molecule has 1 aliphatic heterocycles. The molecule has 1 aromatic rings. The summed E-state index contributed by atoms with van der Waals surface area (Å²) in [6.45, 7) is 0.278. The smallest absolute Gasteiger partial charge is 0.305 e. The maximum absolute atomic E-state index is 11.2. The highest BCUT2D eigenvalue weighted by atomic mass is 16.7. The second-order valence-electron chi connectivity index (χ2n) is 8.02. The van der Waals surface area contributed by atoms with Gasteiger partial charge in [-0.25, -0.2) is 0 Å². The van der Waals surface area contributed by atoms with E-state index in [9.17, 15) is 20.1 Å². The molecule has 7 nitrogen and oxygen atoms in total. The summed E-state index contributed by atoms with van der Waals surface area (Å²) in [7, 11) is 1.36. The van der Waals surface area contributed by atoms with Crippen molar-refractivity contribution in [1.82, 2.24) is 0 Å². The zero-order chi connectivity index (χ0) is 22.2. The van der Waals surface area contributed by atoms with E-state index in [2.05, 4.69) is 4.74 Å². The lowest BCUT2D eigenvalue weighted by Crippen LogP contribution is -2.40. The van der Waals surface area contributed by atoms with Crippen LogP contribution in [0, 0.1) is 17.8 Å². The molecule has 3 N–H and O–H groups in total. The van der Waals surface area contributed by atoms with Crippen LogP contribution in [0.5, 0.6) is 5.75 Å². The van der Waals surface area contributed by atoms with Crippen molar-refractivity contribution in [3.63, 3.8) is 0 Å². The van der Waals surface area contributed by atoms with E-state index in [4.69, 9.17) is 9.47 Å². The van der Waals surface area contributed by atoms with Crippen molar-refractivity contribution in [3.05, 3.63) is 54.1 Å². The Morgan fingerprint density at radius 2 is 2.13 bits per heavy atom. The number of carbonyl (C=O) groups excluding carboxylic acids is 1. The fourth-order valence-electron chi connectivity index (χ4n) is 4.49. The molecule has 0 radical (unpaired) electrons. The maximum atomic E-state index is 11.2. The second-order valence-corrected chi connectivity index (χ2v) is 8.02. The van der Waals surface area contributed by atoms with Crippen molar-refractivity contribution in [2.75, 3.05) is 13.7 Å². The first-order valence-corrected chi connectivity index (χ1v) is 10.8. The molecule has 0 amide bonds. The first-order valence-electron chi connectivity index (χ1n) is 10.8. The highest BCUT2D eigenvalue weighted by molar-refractivity contribution is 5.69. The first-order chi connectivity index (χ1) is 15.0. The number of unbranched alkanes of at least 4 members (excludes halogenated alkanes) is 1. The number of hydrogen-bond acceptors (Lipinski definition) is 7. The Bertz CT molecular complexity index is 775. The van der Waals surface area contributed by atoms with Gasteiger partial charge < -0.3 is 29.5 Å². The van der Waals surface area contributed by atoms with Crippen molar-refractivity contribution >= 4 is 5.97 Å². The van der Waals surface area contributed by atoms with Crippen LogP contribution in [0.4, 0.5) is 0 Å². The Morgan fingerprint density at radius 1 is 1.32 bits per heavy atom. The van der Waals surface area contributed by atoms with Crippen molar-refractivity contribution in [1.29, 1.82) is 0 Å². The molecular weight excluding hydrogens is 400 g/mol. The number of carbonyl (C=O) groups is 1. The highest BCUT2D eigenvalue weighted by Crippen LogP contribution is 2.45. The Hall–Kier alpha value is -2.19. The molecule has 3 rings (SSSR count). The zero-order valence-electron chi connectivity index (χ0n) is 17.8. The molecule has 1 heterocycles. The van der Waals surface area contributed by atoms with Gasteiger partial charge in [0.2, 0.25) is 6.29 Å². The molecule has 0 aromatic heterocycles. The van der Waals surface area contributed by atoms with E-state index in [0.29, 0.717) is 32.3 Å². The van der Waals surface area contributed by atoms with Gasteiger partial charge in [-0.15, -0.1) is 0 Å². The van der Waals surface area contributed by atoms with Crippen LogP contribution in [0.25, 0.3) is 0 Å². The molecule has 7 heteroatoms. The third-order valence-corrected chi connectivity index (χ3v) is 6.04. The summed E-state index contributed by atoms with van der Waals surface area (Å²) in [5, 5.41) is 30.9. The van der Waals surface area contributed by atoms with Crippen molar-refractivity contribution in [3.8, 4) is 5.75 Å². The molecule has 0 spiro atoms. The largest absolute Gasteiger partial charge is 0.469 e. The van der Waals surface area contributed by atoms with E-state index in [1.54, 1.807) is 18.2 Å². The minimum absolute atomic E-state index is 0.135. The van der Waals surface area contributed by atoms with Gasteiger partial charge in [-0.1, -0.05) is 42.5 Å². The van der Waals surface area contributed by atoms with Crippen molar-refractivity contribution < 1.29 is 34.3 Å². The SMILES string of the molecule is COC(=O)CCCC=C[C@H](O)[C@@H]1[C@@H](C=CCO)[C@H](O)C[C@@H]1C1OCc2ccccc2O1. The molecule has 1 unspecified atom stereocenters. The lowest BCUT2D eigenvalue weighted by molar-refractivity contribution is -0.155. The van der Waals surface area contributed by atoms with E-state index in [1.807, 2.05) is 30.3 Å². The Balaban J connectivity index is 1.71. The number of methoxy groups -OCH3 is 1. The summed E-state index contributed by atoms with van der Waals surface area (Å²) in [4.78, 5) is 11.2. The Labute approximate surface area is 182 Å². The van der Waals surface area contributed by atoms with E-state index in [-0.39, 0.29) is 30.3 Å². The molecule has 1 aromatic carbocycles. The van der Waals surface area contributed by atoms with Crippen molar-refractivity contribution in [2.24, 2.45) is 17.8 Å². The maximum Gasteiger partial charge on any atom is 0.305 e. The standard InChI is InChI=1S/C24H32O7/c1-29-22(28)12-4-2-3-10-19(26)23-17(9-7-13-25)20(27)14-18(23)24-30-15-16-8-5-6-11-21(16)31-24/h3,5-11,17-20,23-27H,2,4,12-15H2,1H3/t17-,18-,19-,20+,23+,24?/m0/s1. The van der Waals surface area contributed by atoms with Crippen LogP contribution in [-0.4, -0.2) is 53.5 Å². The third-order valence-electron chi connectivity index (χ3n) is 6.04. The number of ether oxygens (including phenoxy) is 3. The van der Waals surface area contributed by atoms with Crippen LogP contribution in [0.2, 0.25) is 0 Å². The van der Waals surface area contributed by atoms with Crippen LogP contribution in [-0.2, 0) is 20.9 Å². The molecule has 31 heavy (non-hydrogen) atoms. The van der Waals surface area contributed by atoms with Gasteiger partial charge in [0.25, 0.3) is 0 Å². The molecule has 2 aliphatic rings. The highest BCUT2D eigenvalue weighted by Gasteiger charge is 2.49. The van der Waals surface area contributed by atoms with E-state index in [1.165, 1.54) is 7.11 Å². The first kappa shape index (κ1) is 23.5. The van der Waals surface area contributed by atoms with Crippen molar-refractivity contribution in [2.45, 2.75) is 50.8 Å². The van der Waals surface area contributed by atoms with Gasteiger partial charge in [-0.2, -0.15) is 0 Å². The summed E-state index contributed by atoms with van der Waals surface area (Å²) in [5.74, 6) is -0.407. The van der Waals surface area contributed by atoms with E-state index in [0.717, 1.165) is 11.3 Å². The van der Waals surface area contributed by atoms with Crippen LogP contribution in [0.1, 0.15) is 31.2 Å². The lowest BCUT2D eigenvalue weighted by Gasteiger charge is -2.35. The van der Waals surface area contributed by atoms with Gasteiger partial charge in [0.05, 0.1) is 32.5 Å². The topological polar surface area (TPSA) is 105 Å². The average molecular weight is 433 g/mol. The second kappa shape index (κ2) is 11.4. The van der Waals surface area contributed by atoms with E-state index >= 15 is 0 Å². The third kappa shape index (κ3) is 5.95. The van der Waals surface area contributed by atoms with Gasteiger partial charge in [0.15, 0.2) is 0 Å². The molecule has 1 aliphatic carbocycles. The zero-order valence-corrected chi connectivity index (χ0v) is 17.8. The van der Waals surface area contributed by atoms with E-state index < -0.39 is 18.5 Å². The summed E-state index contributed by atoms with van der Waals surface area (Å²) < 4.78 is 16.7. The number of hydrogen-bond donors (Lipinski definition) is 3. The number of aliphatic hydroxyl groups excluding tert-OH is 3. The summed E-state index contributed by atoms with van der Waals surface area (Å²) in [6.07, 6.45) is 6.83. The normalized spacial score (nSPS) is 29.1. The van der Waals surface area contributed by atoms with Gasteiger partial charge in [0, 0.05) is 29.7 Å². The number of aliphatic hydroxyl groups is 3. The van der Waals surface area contributed by atoms with Crippen LogP contribution >= 0.6 is 0 Å². The van der Waals surface area contributed by atoms with Gasteiger partial charge in [-0.3, -0.25) is 4.79 Å². The summed E-state index contributed by atoms with van der Waals surface area (Å²) in [6, 6.07) is 7.68. The quantitative estimate of drug-likeness (QED) is 0.312. The molecule has 1 fully saturated rings. The predicted octanol–water partition coefficient (Wildman–Crippen LogP) is 2.34. The monoisotopic (exact) mass is 432 g/mol. The Kier molecular flexibility index (Phi) is 8.66. The minimum atomic E-state index is -0.835. The number of para-hydroxylation sites is 1. The fraction of sp³-hybridized carbons (Fsp3) is 0.542. The van der Waals surface area contributed by atoms with Gasteiger partial charge >= 0.3 is 5.97 Å². The van der Waals surface area contributed by atoms with Crippen LogP contribution < -0.4 is 4.74 Å². The average Bonchev–Trinajstić information content (AvgIpc) is 3.12. The Morgan fingerprint density at radius 3 is 2.90 bits per heavy atom. The van der Waals surface area contributed by atoms with Crippen LogP contribution in [0.15, 0.2) is 48.6 Å². The van der Waals surface area contributed by atoms with Gasteiger partial charge in [-0.05, 0) is 25.3 Å². The summed E-state index contributed by atoms with van der Waals surface area (Å²) in [5.41, 5.74) is 0.969. The fourth-order valence-corrected chi connectivity index (χ4v) is 4.49. The molecule has 1 saturated carbocycles. The molecule has 0 saturated heterocycles. The number of fused-ring (bicyclic) bond motifs is 1. The number of allylic oxidation sites excluding steroid dienone is 1. The molecule has 6 atom stereocenters. The molecule has 0 bridgehead atoms. The predicted molar refractivity (Wildman–Crippen MR) is 114 cm³/mol. The summed E-state index contributed by atoms with van der Waals surface area (Å²) >= 11 is 0. The van der Waals surface area contributed by atoms with Gasteiger partial charge in [0.1, 0.15) is 5.75 Å². The minimum Gasteiger partial charge on any atom is -0.469 e. The number of benzene rings is 1. The number of esters is 1.